The summed E-state index contributed by atoms with van der Waals surface area (Å²) in [7, 11) is 0. The van der Waals surface area contributed by atoms with Crippen LogP contribution in [0.15, 0.2) is 24.4 Å². The summed E-state index contributed by atoms with van der Waals surface area (Å²) < 4.78 is 0. The lowest BCUT2D eigenvalue weighted by Gasteiger charge is -2.37. The minimum absolute atomic E-state index is 0.0425. The van der Waals surface area contributed by atoms with Gasteiger partial charge in [0.05, 0.1) is 18.3 Å². The smallest absolute Gasteiger partial charge is 0.239 e. The Bertz CT molecular complexity index is 961. The fourth-order valence-corrected chi connectivity index (χ4v) is 4.87. The first-order valence-electron chi connectivity index (χ1n) is 10.9. The summed E-state index contributed by atoms with van der Waals surface area (Å²) in [4.78, 5) is 25.9. The van der Waals surface area contributed by atoms with Crippen molar-refractivity contribution >= 4 is 52.5 Å². The standard InChI is InChI=1S/C22H27Cl3N6O/c1-14(16-6-5-15(23)12-17(16)24)28-20-18(25)13-27-22(29-20)31-10-8-30(9-11-31)21(32)19-4-2-3-7-26-19/h5-6,12-14,19,26H,2-4,7-11H2,1H3,(H,27,28,29)/t14-,19?/m1/s1. The molecule has 1 unspecified atom stereocenters. The average molecular weight is 498 g/mol. The van der Waals surface area contributed by atoms with Crippen LogP contribution in [0.4, 0.5) is 11.8 Å². The molecule has 1 amide bonds. The number of rotatable bonds is 5. The van der Waals surface area contributed by atoms with Gasteiger partial charge in [0.25, 0.3) is 0 Å². The second-order valence-corrected chi connectivity index (χ2v) is 9.46. The Balaban J connectivity index is 1.40. The number of amides is 1. The van der Waals surface area contributed by atoms with E-state index in [1.807, 2.05) is 17.9 Å². The number of carbonyl (C=O) groups excluding carboxylic acids is 1. The maximum atomic E-state index is 12.8. The minimum Gasteiger partial charge on any atom is -0.362 e. The Morgan fingerprint density at radius 2 is 1.94 bits per heavy atom. The van der Waals surface area contributed by atoms with Gasteiger partial charge in [-0.3, -0.25) is 4.79 Å². The Morgan fingerprint density at radius 3 is 2.62 bits per heavy atom. The molecule has 3 heterocycles. The number of piperidine rings is 1. The van der Waals surface area contributed by atoms with E-state index in [0.717, 1.165) is 31.4 Å². The molecule has 0 aliphatic carbocycles. The highest BCUT2D eigenvalue weighted by Gasteiger charge is 2.29. The van der Waals surface area contributed by atoms with Crippen molar-refractivity contribution in [3.63, 3.8) is 0 Å². The number of nitrogens with one attached hydrogen (secondary N) is 2. The van der Waals surface area contributed by atoms with Crippen LogP contribution in [-0.4, -0.2) is 59.5 Å². The average Bonchev–Trinajstić information content (AvgIpc) is 2.80. The number of anilines is 2. The highest BCUT2D eigenvalue weighted by atomic mass is 35.5. The molecule has 2 aromatic rings. The third kappa shape index (κ3) is 5.39. The fourth-order valence-electron chi connectivity index (χ4n) is 4.16. The van der Waals surface area contributed by atoms with E-state index in [1.54, 1.807) is 18.3 Å². The van der Waals surface area contributed by atoms with E-state index in [-0.39, 0.29) is 18.0 Å². The summed E-state index contributed by atoms with van der Waals surface area (Å²) in [6, 6.07) is 5.23. The number of piperazine rings is 1. The van der Waals surface area contributed by atoms with Crippen molar-refractivity contribution in [3.05, 3.63) is 45.0 Å². The topological polar surface area (TPSA) is 73.4 Å². The van der Waals surface area contributed by atoms with E-state index in [0.29, 0.717) is 53.0 Å². The van der Waals surface area contributed by atoms with Crippen LogP contribution in [0.5, 0.6) is 0 Å². The van der Waals surface area contributed by atoms with Gasteiger partial charge < -0.3 is 20.4 Å². The molecule has 4 rings (SSSR count). The molecule has 0 bridgehead atoms. The Kier molecular flexibility index (Phi) is 7.61. The lowest BCUT2D eigenvalue weighted by molar-refractivity contribution is -0.134. The van der Waals surface area contributed by atoms with Crippen LogP contribution < -0.4 is 15.5 Å². The van der Waals surface area contributed by atoms with Crippen LogP contribution in [0.3, 0.4) is 0 Å². The molecule has 2 aliphatic heterocycles. The SMILES string of the molecule is C[C@@H](Nc1nc(N2CCN(C(=O)C3CCCCN3)CC2)ncc1Cl)c1ccc(Cl)cc1Cl. The van der Waals surface area contributed by atoms with Gasteiger partial charge >= 0.3 is 0 Å². The quantitative estimate of drug-likeness (QED) is 0.638. The van der Waals surface area contributed by atoms with Crippen LogP contribution in [0.1, 0.15) is 37.8 Å². The van der Waals surface area contributed by atoms with Gasteiger partial charge in [-0.2, -0.15) is 4.98 Å². The maximum Gasteiger partial charge on any atom is 0.239 e. The van der Waals surface area contributed by atoms with Crippen LogP contribution in [-0.2, 0) is 4.79 Å². The zero-order valence-electron chi connectivity index (χ0n) is 18.0. The Hall–Kier alpha value is -1.80. The molecule has 10 heteroatoms. The Morgan fingerprint density at radius 1 is 1.16 bits per heavy atom. The molecule has 2 atom stereocenters. The number of benzene rings is 1. The number of halogens is 3. The van der Waals surface area contributed by atoms with E-state index in [2.05, 4.69) is 25.5 Å². The van der Waals surface area contributed by atoms with E-state index in [1.165, 1.54) is 0 Å². The normalized spacial score (nSPS) is 20.2. The highest BCUT2D eigenvalue weighted by Crippen LogP contribution is 2.30. The van der Waals surface area contributed by atoms with Crippen LogP contribution in [0.25, 0.3) is 0 Å². The molecular formula is C22H27Cl3N6O. The number of nitrogens with zero attached hydrogens (tertiary/aromatic N) is 4. The van der Waals surface area contributed by atoms with E-state index in [4.69, 9.17) is 34.8 Å². The summed E-state index contributed by atoms with van der Waals surface area (Å²) >= 11 is 18.7. The van der Waals surface area contributed by atoms with Crippen molar-refractivity contribution in [1.29, 1.82) is 0 Å². The molecule has 32 heavy (non-hydrogen) atoms. The van der Waals surface area contributed by atoms with Gasteiger partial charge in [-0.15, -0.1) is 0 Å². The number of aromatic nitrogens is 2. The van der Waals surface area contributed by atoms with Gasteiger partial charge in [0.15, 0.2) is 5.82 Å². The molecule has 7 nitrogen and oxygen atoms in total. The van der Waals surface area contributed by atoms with E-state index < -0.39 is 0 Å². The second kappa shape index (κ2) is 10.4. The molecule has 1 aromatic carbocycles. The molecular weight excluding hydrogens is 471 g/mol. The summed E-state index contributed by atoms with van der Waals surface area (Å²) in [6.45, 7) is 5.57. The highest BCUT2D eigenvalue weighted by molar-refractivity contribution is 6.35. The first-order valence-corrected chi connectivity index (χ1v) is 12.1. The maximum absolute atomic E-state index is 12.8. The van der Waals surface area contributed by atoms with Crippen molar-refractivity contribution in [2.24, 2.45) is 0 Å². The summed E-state index contributed by atoms with van der Waals surface area (Å²) in [5.41, 5.74) is 0.899. The molecule has 1 aromatic heterocycles. The predicted molar refractivity (Wildman–Crippen MR) is 130 cm³/mol. The zero-order valence-corrected chi connectivity index (χ0v) is 20.2. The number of hydrogen-bond acceptors (Lipinski definition) is 6. The number of carbonyl (C=O) groups is 1. The monoisotopic (exact) mass is 496 g/mol. The Labute approximate surface area is 203 Å². The van der Waals surface area contributed by atoms with E-state index >= 15 is 0 Å². The van der Waals surface area contributed by atoms with Crippen molar-refractivity contribution in [2.75, 3.05) is 42.9 Å². The van der Waals surface area contributed by atoms with Crippen molar-refractivity contribution in [3.8, 4) is 0 Å². The summed E-state index contributed by atoms with van der Waals surface area (Å²) in [5.74, 6) is 1.34. The van der Waals surface area contributed by atoms with Gasteiger partial charge in [0.2, 0.25) is 11.9 Å². The second-order valence-electron chi connectivity index (χ2n) is 8.21. The summed E-state index contributed by atoms with van der Waals surface area (Å²) in [6.07, 6.45) is 4.78. The number of hydrogen-bond donors (Lipinski definition) is 2. The molecule has 2 N–H and O–H groups in total. The third-order valence-electron chi connectivity index (χ3n) is 6.00. The largest absolute Gasteiger partial charge is 0.362 e. The molecule has 0 radical (unpaired) electrons. The molecule has 2 fully saturated rings. The molecule has 172 valence electrons. The van der Waals surface area contributed by atoms with Gasteiger partial charge in [-0.25, -0.2) is 4.98 Å². The lowest BCUT2D eigenvalue weighted by atomic mass is 10.0. The van der Waals surface area contributed by atoms with Crippen LogP contribution >= 0.6 is 34.8 Å². The first kappa shape index (κ1) is 23.4. The van der Waals surface area contributed by atoms with Crippen molar-refractivity contribution in [2.45, 2.75) is 38.3 Å². The van der Waals surface area contributed by atoms with E-state index in [9.17, 15) is 4.79 Å². The van der Waals surface area contributed by atoms with Gasteiger partial charge in [0.1, 0.15) is 5.02 Å². The predicted octanol–water partition coefficient (Wildman–Crippen LogP) is 4.40. The summed E-state index contributed by atoms with van der Waals surface area (Å²) in [5, 5.41) is 8.27. The van der Waals surface area contributed by atoms with Gasteiger partial charge in [0, 0.05) is 36.2 Å². The molecule has 0 spiro atoms. The van der Waals surface area contributed by atoms with Crippen molar-refractivity contribution in [1.82, 2.24) is 20.2 Å². The molecule has 2 saturated heterocycles. The van der Waals surface area contributed by atoms with Gasteiger partial charge in [-0.05, 0) is 44.0 Å². The van der Waals surface area contributed by atoms with Crippen LogP contribution in [0, 0.1) is 0 Å². The first-order chi connectivity index (χ1) is 15.4. The van der Waals surface area contributed by atoms with Gasteiger partial charge in [-0.1, -0.05) is 47.3 Å². The fraction of sp³-hybridized carbons (Fsp3) is 0.500. The lowest BCUT2D eigenvalue weighted by Crippen LogP contribution is -2.55. The zero-order chi connectivity index (χ0) is 22.7. The van der Waals surface area contributed by atoms with Crippen LogP contribution in [0.2, 0.25) is 15.1 Å². The molecule has 2 aliphatic rings. The minimum atomic E-state index is -0.127. The molecule has 0 saturated carbocycles. The van der Waals surface area contributed by atoms with Crippen molar-refractivity contribution < 1.29 is 4.79 Å². The third-order valence-corrected chi connectivity index (χ3v) is 6.84.